The first-order chi connectivity index (χ1) is 13.7. The van der Waals surface area contributed by atoms with Crippen molar-refractivity contribution in [1.29, 1.82) is 0 Å². The minimum atomic E-state index is -0.635. The van der Waals surface area contributed by atoms with Gasteiger partial charge in [-0.3, -0.25) is 0 Å². The molecule has 5 rings (SSSR count). The highest BCUT2D eigenvalue weighted by Crippen LogP contribution is 2.51. The summed E-state index contributed by atoms with van der Waals surface area (Å²) >= 11 is 0. The maximum atomic E-state index is 7.03. The number of fused-ring (bicyclic) bond motifs is 3. The van der Waals surface area contributed by atoms with Crippen molar-refractivity contribution in [2.45, 2.75) is 19.4 Å². The van der Waals surface area contributed by atoms with Gasteiger partial charge in [0, 0.05) is 22.1 Å². The van der Waals surface area contributed by atoms with Gasteiger partial charge in [-0.25, -0.2) is 0 Å². The van der Waals surface area contributed by atoms with E-state index in [0.29, 0.717) is 0 Å². The van der Waals surface area contributed by atoms with Gasteiger partial charge in [0.2, 0.25) is 0 Å². The summed E-state index contributed by atoms with van der Waals surface area (Å²) < 4.78 is 7.03. The summed E-state index contributed by atoms with van der Waals surface area (Å²) in [6, 6.07) is 34.0. The highest BCUT2D eigenvalue weighted by Gasteiger charge is 2.43. The Morgan fingerprint density at radius 3 is 1.82 bits per heavy atom. The second-order valence-electron chi connectivity index (χ2n) is 7.43. The smallest absolute Gasteiger partial charge is 0.181 e. The van der Waals surface area contributed by atoms with Crippen LogP contribution in [0.5, 0.6) is 5.75 Å². The molecule has 0 fully saturated rings. The van der Waals surface area contributed by atoms with Gasteiger partial charge >= 0.3 is 0 Å². The molecule has 0 N–H and O–H groups in total. The van der Waals surface area contributed by atoms with Gasteiger partial charge in [0.15, 0.2) is 5.60 Å². The Balaban J connectivity index is 1.88. The van der Waals surface area contributed by atoms with Crippen molar-refractivity contribution in [2.24, 2.45) is 0 Å². The Bertz CT molecular complexity index is 1150. The van der Waals surface area contributed by atoms with E-state index in [4.69, 9.17) is 4.74 Å². The van der Waals surface area contributed by atoms with E-state index in [9.17, 15) is 0 Å². The largest absolute Gasteiger partial charge is 0.472 e. The standard InChI is InChI=1S/C27H22O/c1-19-20(2)27(22-12-5-3-6-13-22,23-14-7-4-8-15-23)28-26-24(19)18-17-21-11-9-10-16-25(21)26/h3-18H,1-2H3. The molecule has 0 spiro atoms. The molecule has 4 aromatic rings. The molecule has 0 unspecified atom stereocenters. The van der Waals surface area contributed by atoms with Crippen molar-refractivity contribution < 1.29 is 4.74 Å². The van der Waals surface area contributed by atoms with Crippen molar-refractivity contribution in [2.75, 3.05) is 0 Å². The molecular formula is C27H22O. The fraction of sp³-hybridized carbons (Fsp3) is 0.111. The summed E-state index contributed by atoms with van der Waals surface area (Å²) in [6.07, 6.45) is 0. The molecule has 0 aromatic heterocycles. The average molecular weight is 362 g/mol. The summed E-state index contributed by atoms with van der Waals surface area (Å²) in [5.41, 5.74) is 5.35. The van der Waals surface area contributed by atoms with Crippen LogP contribution >= 0.6 is 0 Å². The molecule has 0 bridgehead atoms. The molecule has 1 nitrogen and oxygen atoms in total. The number of hydrogen-bond acceptors (Lipinski definition) is 1. The highest BCUT2D eigenvalue weighted by molar-refractivity contribution is 5.95. The van der Waals surface area contributed by atoms with Crippen LogP contribution in [0.2, 0.25) is 0 Å². The lowest BCUT2D eigenvalue weighted by molar-refractivity contribution is 0.148. The van der Waals surface area contributed by atoms with E-state index < -0.39 is 5.60 Å². The first-order valence-electron chi connectivity index (χ1n) is 9.72. The van der Waals surface area contributed by atoms with Crippen molar-refractivity contribution in [1.82, 2.24) is 0 Å². The zero-order chi connectivity index (χ0) is 19.1. The summed E-state index contributed by atoms with van der Waals surface area (Å²) in [4.78, 5) is 0. The Hall–Kier alpha value is -3.32. The quantitative estimate of drug-likeness (QED) is 0.374. The summed E-state index contributed by atoms with van der Waals surface area (Å²) in [5, 5.41) is 2.35. The molecular weight excluding hydrogens is 340 g/mol. The van der Waals surface area contributed by atoms with E-state index in [1.165, 1.54) is 22.1 Å². The van der Waals surface area contributed by atoms with Gasteiger partial charge in [-0.2, -0.15) is 0 Å². The van der Waals surface area contributed by atoms with Crippen molar-refractivity contribution in [3.8, 4) is 5.75 Å². The fourth-order valence-corrected chi connectivity index (χ4v) is 4.41. The minimum absolute atomic E-state index is 0.635. The maximum Gasteiger partial charge on any atom is 0.181 e. The van der Waals surface area contributed by atoms with Crippen LogP contribution in [0.1, 0.15) is 30.5 Å². The Labute approximate surface area is 165 Å². The zero-order valence-electron chi connectivity index (χ0n) is 16.1. The first kappa shape index (κ1) is 16.8. The number of allylic oxidation sites excluding steroid dienone is 1. The zero-order valence-corrected chi connectivity index (χ0v) is 16.1. The second kappa shape index (κ2) is 6.38. The fourth-order valence-electron chi connectivity index (χ4n) is 4.41. The van der Waals surface area contributed by atoms with E-state index in [1.54, 1.807) is 0 Å². The Kier molecular flexibility index (Phi) is 3.84. The van der Waals surface area contributed by atoms with Gasteiger partial charge in [-0.15, -0.1) is 0 Å². The van der Waals surface area contributed by atoms with Crippen LogP contribution < -0.4 is 4.74 Å². The number of rotatable bonds is 2. The van der Waals surface area contributed by atoms with Crippen LogP contribution in [0.15, 0.2) is 103 Å². The molecule has 4 aromatic carbocycles. The molecule has 0 saturated carbocycles. The second-order valence-corrected chi connectivity index (χ2v) is 7.43. The Morgan fingerprint density at radius 1 is 0.607 bits per heavy atom. The van der Waals surface area contributed by atoms with Crippen LogP contribution in [0.4, 0.5) is 0 Å². The van der Waals surface area contributed by atoms with Gasteiger partial charge in [-0.05, 0) is 30.4 Å². The Morgan fingerprint density at radius 2 is 1.18 bits per heavy atom. The monoisotopic (exact) mass is 362 g/mol. The van der Waals surface area contributed by atoms with Crippen molar-refractivity contribution in [3.05, 3.63) is 119 Å². The molecule has 1 heteroatoms. The van der Waals surface area contributed by atoms with Gasteiger partial charge in [0.25, 0.3) is 0 Å². The van der Waals surface area contributed by atoms with Crippen LogP contribution in [-0.4, -0.2) is 0 Å². The normalized spacial score (nSPS) is 15.2. The molecule has 0 radical (unpaired) electrons. The number of hydrogen-bond donors (Lipinski definition) is 0. The minimum Gasteiger partial charge on any atom is -0.472 e. The predicted molar refractivity (Wildman–Crippen MR) is 117 cm³/mol. The molecule has 28 heavy (non-hydrogen) atoms. The van der Waals surface area contributed by atoms with Gasteiger partial charge in [-0.1, -0.05) is 97.1 Å². The third-order valence-corrected chi connectivity index (χ3v) is 5.99. The van der Waals surface area contributed by atoms with Crippen LogP contribution in [-0.2, 0) is 5.60 Å². The van der Waals surface area contributed by atoms with Crippen LogP contribution in [0.25, 0.3) is 16.3 Å². The van der Waals surface area contributed by atoms with Gasteiger partial charge in [0.05, 0.1) is 0 Å². The molecule has 0 saturated heterocycles. The SMILES string of the molecule is CC1=C(C)C(c2ccccc2)(c2ccccc2)Oc2c1ccc1ccccc21. The number of benzene rings is 4. The van der Waals surface area contributed by atoms with E-state index in [0.717, 1.165) is 22.3 Å². The van der Waals surface area contributed by atoms with E-state index in [2.05, 4.69) is 111 Å². The molecule has 1 aliphatic rings. The molecule has 0 aliphatic carbocycles. The van der Waals surface area contributed by atoms with Crippen LogP contribution in [0, 0.1) is 0 Å². The molecule has 136 valence electrons. The van der Waals surface area contributed by atoms with Gasteiger partial charge < -0.3 is 4.74 Å². The lowest BCUT2D eigenvalue weighted by atomic mass is 9.75. The maximum absolute atomic E-state index is 7.03. The molecule has 1 heterocycles. The van der Waals surface area contributed by atoms with Crippen molar-refractivity contribution >= 4 is 16.3 Å². The van der Waals surface area contributed by atoms with Gasteiger partial charge in [0.1, 0.15) is 5.75 Å². The first-order valence-corrected chi connectivity index (χ1v) is 9.72. The van der Waals surface area contributed by atoms with Crippen molar-refractivity contribution in [3.63, 3.8) is 0 Å². The lowest BCUT2D eigenvalue weighted by Crippen LogP contribution is -2.38. The summed E-state index contributed by atoms with van der Waals surface area (Å²) in [5.74, 6) is 0.967. The van der Waals surface area contributed by atoms with Crippen LogP contribution in [0.3, 0.4) is 0 Å². The average Bonchev–Trinajstić information content (AvgIpc) is 2.77. The van der Waals surface area contributed by atoms with E-state index >= 15 is 0 Å². The third kappa shape index (κ3) is 2.33. The predicted octanol–water partition coefficient (Wildman–Crippen LogP) is 6.97. The molecule has 1 aliphatic heterocycles. The van der Waals surface area contributed by atoms with E-state index in [-0.39, 0.29) is 0 Å². The highest BCUT2D eigenvalue weighted by atomic mass is 16.5. The summed E-state index contributed by atoms with van der Waals surface area (Å²) in [7, 11) is 0. The topological polar surface area (TPSA) is 9.23 Å². The molecule has 0 atom stereocenters. The lowest BCUT2D eigenvalue weighted by Gasteiger charge is -2.42. The molecule has 0 amide bonds. The third-order valence-electron chi connectivity index (χ3n) is 5.99. The van der Waals surface area contributed by atoms with E-state index in [1.807, 2.05) is 0 Å². The number of ether oxygens (including phenoxy) is 1. The summed E-state index contributed by atoms with van der Waals surface area (Å²) in [6.45, 7) is 4.42.